The molecule has 0 aliphatic heterocycles. The van der Waals surface area contributed by atoms with Crippen LogP contribution in [0, 0.1) is 0 Å². The lowest BCUT2D eigenvalue weighted by Crippen LogP contribution is -2.17. The number of aliphatic hydroxyl groups excluding tert-OH is 1. The Bertz CT molecular complexity index is 86.6. The molecular formula is C3H8O3SSi. The fourth-order valence-corrected chi connectivity index (χ4v) is 0.880. The third-order valence-electron chi connectivity index (χ3n) is 0.626. The van der Waals surface area contributed by atoms with Crippen LogP contribution in [0.5, 0.6) is 0 Å². The second-order valence-electron chi connectivity index (χ2n) is 1.11. The molecule has 0 aromatic carbocycles. The summed E-state index contributed by atoms with van der Waals surface area (Å²) in [6, 6.07) is 0. The van der Waals surface area contributed by atoms with Crippen molar-refractivity contribution in [1.29, 1.82) is 0 Å². The molecule has 0 saturated carbocycles. The third-order valence-corrected chi connectivity index (χ3v) is 1.67. The van der Waals surface area contributed by atoms with Crippen LogP contribution in [0.15, 0.2) is 0 Å². The van der Waals surface area contributed by atoms with E-state index in [0.717, 1.165) is 11.8 Å². The van der Waals surface area contributed by atoms with Gasteiger partial charge in [-0.05, 0) is 6.26 Å². The lowest BCUT2D eigenvalue weighted by atomic mass is 10.7. The molecule has 1 N–H and O–H groups in total. The molecule has 0 aromatic heterocycles. The van der Waals surface area contributed by atoms with Gasteiger partial charge in [0, 0.05) is 0 Å². The summed E-state index contributed by atoms with van der Waals surface area (Å²) in [5.41, 5.74) is -0.993. The van der Waals surface area contributed by atoms with Gasteiger partial charge in [-0.3, -0.25) is 0 Å². The van der Waals surface area contributed by atoms with Crippen LogP contribution in [0.4, 0.5) is 0 Å². The first-order valence-corrected chi connectivity index (χ1v) is 4.11. The monoisotopic (exact) mass is 152 g/mol. The van der Waals surface area contributed by atoms with Crippen molar-refractivity contribution in [3.63, 3.8) is 0 Å². The van der Waals surface area contributed by atoms with E-state index in [1.54, 1.807) is 6.26 Å². The molecule has 0 aliphatic carbocycles. The Morgan fingerprint density at radius 3 is 2.62 bits per heavy atom. The Balaban J connectivity index is 3.46. The van der Waals surface area contributed by atoms with Crippen molar-refractivity contribution < 1.29 is 14.3 Å². The van der Waals surface area contributed by atoms with Crippen LogP contribution in [0.3, 0.4) is 0 Å². The van der Waals surface area contributed by atoms with Crippen molar-refractivity contribution in [2.75, 3.05) is 6.26 Å². The summed E-state index contributed by atoms with van der Waals surface area (Å²) in [7, 11) is 0.352. The highest BCUT2D eigenvalue weighted by Crippen LogP contribution is 2.01. The predicted molar refractivity (Wildman–Crippen MR) is 35.6 cm³/mol. The van der Waals surface area contributed by atoms with Gasteiger partial charge in [0.25, 0.3) is 0 Å². The number of aliphatic hydroxyl groups is 1. The minimum atomic E-state index is -0.993. The van der Waals surface area contributed by atoms with E-state index < -0.39 is 11.4 Å². The maximum absolute atomic E-state index is 10.3. The smallest absolute Gasteiger partial charge is 0.331 e. The van der Waals surface area contributed by atoms with Crippen molar-refractivity contribution in [3.8, 4) is 0 Å². The average Bonchev–Trinajstić information content (AvgIpc) is 1.84. The third kappa shape index (κ3) is 2.34. The summed E-state index contributed by atoms with van der Waals surface area (Å²) in [5, 5.41) is 8.64. The molecule has 0 aliphatic rings. The largest absolute Gasteiger partial charge is 0.526 e. The van der Waals surface area contributed by atoms with Gasteiger partial charge in [0.05, 0.1) is 0 Å². The molecule has 0 spiro atoms. The van der Waals surface area contributed by atoms with Gasteiger partial charge in [-0.1, -0.05) is 0 Å². The van der Waals surface area contributed by atoms with Crippen LogP contribution in [-0.4, -0.2) is 33.3 Å². The zero-order chi connectivity index (χ0) is 6.57. The molecule has 5 heteroatoms. The van der Waals surface area contributed by atoms with Crippen LogP contribution in [0.25, 0.3) is 0 Å². The van der Waals surface area contributed by atoms with Crippen molar-refractivity contribution in [2.45, 2.75) is 5.44 Å². The van der Waals surface area contributed by atoms with E-state index in [1.807, 2.05) is 0 Å². The maximum Gasteiger partial charge on any atom is 0.331 e. The molecule has 0 heterocycles. The number of carbonyl (C=O) groups excluding carboxylic acids is 1. The van der Waals surface area contributed by atoms with Gasteiger partial charge in [-0.2, -0.15) is 0 Å². The Hall–Kier alpha value is -0.00312. The van der Waals surface area contributed by atoms with Crippen molar-refractivity contribution >= 4 is 28.2 Å². The molecule has 48 valence electrons. The maximum atomic E-state index is 10.3. The van der Waals surface area contributed by atoms with E-state index in [-0.39, 0.29) is 0 Å². The second-order valence-corrected chi connectivity index (χ2v) is 2.44. The molecule has 0 saturated heterocycles. The number of thioether (sulfide) groups is 1. The van der Waals surface area contributed by atoms with E-state index in [4.69, 9.17) is 5.11 Å². The SMILES string of the molecule is CSC(O)C(=O)O[SiH3]. The molecule has 0 aromatic rings. The standard InChI is InChI=1S/C3H8O3SSi/c1-7-3(5)2(4)6-8/h3,5H,1,8H3. The van der Waals surface area contributed by atoms with Crippen LogP contribution < -0.4 is 0 Å². The first-order chi connectivity index (χ1) is 3.72. The van der Waals surface area contributed by atoms with E-state index in [9.17, 15) is 4.79 Å². The number of hydrogen-bond donors (Lipinski definition) is 1. The van der Waals surface area contributed by atoms with E-state index in [2.05, 4.69) is 4.43 Å². The molecule has 3 nitrogen and oxygen atoms in total. The first-order valence-electron chi connectivity index (χ1n) is 2.01. The summed E-state index contributed by atoms with van der Waals surface area (Å²) < 4.78 is 4.33. The zero-order valence-electron chi connectivity index (χ0n) is 4.75. The van der Waals surface area contributed by atoms with Crippen LogP contribution >= 0.6 is 11.8 Å². The van der Waals surface area contributed by atoms with Gasteiger partial charge in [-0.15, -0.1) is 11.8 Å². The highest BCUT2D eigenvalue weighted by atomic mass is 32.2. The van der Waals surface area contributed by atoms with Gasteiger partial charge in [0.1, 0.15) is 0 Å². The summed E-state index contributed by atoms with van der Waals surface area (Å²) >= 11 is 1.06. The van der Waals surface area contributed by atoms with Gasteiger partial charge in [0.15, 0.2) is 5.44 Å². The van der Waals surface area contributed by atoms with E-state index in [1.165, 1.54) is 0 Å². The zero-order valence-corrected chi connectivity index (χ0v) is 7.57. The molecule has 0 amide bonds. The minimum Gasteiger partial charge on any atom is -0.526 e. The molecule has 0 bridgehead atoms. The topological polar surface area (TPSA) is 46.5 Å². The number of hydrogen-bond acceptors (Lipinski definition) is 4. The molecular weight excluding hydrogens is 144 g/mol. The lowest BCUT2D eigenvalue weighted by Gasteiger charge is -2.02. The van der Waals surface area contributed by atoms with Crippen LogP contribution in [0.1, 0.15) is 0 Å². The normalized spacial score (nSPS) is 13.2. The molecule has 0 rings (SSSR count). The quantitative estimate of drug-likeness (QED) is 0.386. The van der Waals surface area contributed by atoms with Gasteiger partial charge in [0.2, 0.25) is 10.5 Å². The van der Waals surface area contributed by atoms with E-state index in [0.29, 0.717) is 10.5 Å². The Morgan fingerprint density at radius 1 is 2.00 bits per heavy atom. The average molecular weight is 152 g/mol. The Morgan fingerprint density at radius 2 is 2.50 bits per heavy atom. The van der Waals surface area contributed by atoms with Crippen molar-refractivity contribution in [2.24, 2.45) is 0 Å². The molecule has 8 heavy (non-hydrogen) atoms. The van der Waals surface area contributed by atoms with Gasteiger partial charge >= 0.3 is 5.97 Å². The van der Waals surface area contributed by atoms with Gasteiger partial charge < -0.3 is 9.53 Å². The highest BCUT2D eigenvalue weighted by molar-refractivity contribution is 7.99. The van der Waals surface area contributed by atoms with E-state index >= 15 is 0 Å². The summed E-state index contributed by atoms with van der Waals surface area (Å²) in [4.78, 5) is 10.3. The summed E-state index contributed by atoms with van der Waals surface area (Å²) in [6.45, 7) is 0. The van der Waals surface area contributed by atoms with Crippen LogP contribution in [0.2, 0.25) is 0 Å². The summed E-state index contributed by atoms with van der Waals surface area (Å²) in [5.74, 6) is -0.538. The van der Waals surface area contributed by atoms with Crippen molar-refractivity contribution in [3.05, 3.63) is 0 Å². The predicted octanol–water partition coefficient (Wildman–Crippen LogP) is -1.51. The minimum absolute atomic E-state index is 0.352. The fourth-order valence-electron chi connectivity index (χ4n) is 0.197. The molecule has 0 fully saturated rings. The first kappa shape index (κ1) is 8.00. The summed E-state index contributed by atoms with van der Waals surface area (Å²) in [6.07, 6.45) is 1.64. The van der Waals surface area contributed by atoms with Crippen LogP contribution in [-0.2, 0) is 9.22 Å². The fraction of sp³-hybridized carbons (Fsp3) is 0.667. The number of carbonyl (C=O) groups is 1. The Labute approximate surface area is 55.0 Å². The number of rotatable bonds is 2. The Kier molecular flexibility index (Phi) is 3.93. The van der Waals surface area contributed by atoms with Crippen molar-refractivity contribution in [1.82, 2.24) is 0 Å². The molecule has 1 unspecified atom stereocenters. The molecule has 0 radical (unpaired) electrons. The highest BCUT2D eigenvalue weighted by Gasteiger charge is 2.10. The van der Waals surface area contributed by atoms with Gasteiger partial charge in [-0.25, -0.2) is 4.79 Å². The lowest BCUT2D eigenvalue weighted by molar-refractivity contribution is -0.138. The molecule has 1 atom stereocenters. The second kappa shape index (κ2) is 3.93.